The molecule has 2 aromatic carbocycles. The Bertz CT molecular complexity index is 1270. The van der Waals surface area contributed by atoms with Gasteiger partial charge >= 0.3 is 12.2 Å². The minimum atomic E-state index is -4.48. The van der Waals surface area contributed by atoms with Crippen LogP contribution in [0.5, 0.6) is 5.75 Å². The molecule has 3 atom stereocenters. The van der Waals surface area contributed by atoms with Gasteiger partial charge in [-0.05, 0) is 55.8 Å². The van der Waals surface area contributed by atoms with Crippen LogP contribution in [0.4, 0.5) is 23.7 Å². The number of sulfonamides is 1. The molecule has 0 saturated carbocycles. The predicted molar refractivity (Wildman–Crippen MR) is 138 cm³/mol. The van der Waals surface area contributed by atoms with E-state index in [1.54, 1.807) is 38.1 Å². The molecule has 2 amide bonds. The van der Waals surface area contributed by atoms with Crippen LogP contribution in [0, 0.1) is 5.92 Å². The molecule has 1 aliphatic heterocycles. The Morgan fingerprint density at radius 1 is 1.26 bits per heavy atom. The fraction of sp³-hybridized carbons (Fsp3) is 0.423. The lowest BCUT2D eigenvalue weighted by Crippen LogP contribution is -2.50. The Labute approximate surface area is 220 Å². The highest BCUT2D eigenvalue weighted by atomic mass is 32.2. The number of nitrogens with zero attached hydrogens (tertiary/aromatic N) is 2. The number of carbonyl (C=O) groups is 1. The topological polar surface area (TPSA) is 99.2 Å². The number of rotatable bonds is 6. The number of ether oxygens (including phenoxy) is 1. The van der Waals surface area contributed by atoms with Gasteiger partial charge in [0.15, 0.2) is 0 Å². The smallest absolute Gasteiger partial charge is 0.416 e. The van der Waals surface area contributed by atoms with E-state index in [0.717, 1.165) is 17.7 Å². The van der Waals surface area contributed by atoms with Crippen molar-refractivity contribution in [3.8, 4) is 5.75 Å². The van der Waals surface area contributed by atoms with Gasteiger partial charge < -0.3 is 20.1 Å². The Kier molecular flexibility index (Phi) is 9.11. The highest BCUT2D eigenvalue weighted by Crippen LogP contribution is 2.35. The third kappa shape index (κ3) is 6.66. The first kappa shape index (κ1) is 29.5. The van der Waals surface area contributed by atoms with Gasteiger partial charge in [0.2, 0.25) is 10.0 Å². The molecule has 0 fully saturated rings. The third-order valence-corrected chi connectivity index (χ3v) is 8.33. The van der Waals surface area contributed by atoms with Crippen molar-refractivity contribution in [3.63, 3.8) is 0 Å². The first-order valence-electron chi connectivity index (χ1n) is 12.0. The van der Waals surface area contributed by atoms with E-state index >= 15 is 0 Å². The quantitative estimate of drug-likeness (QED) is 0.540. The number of carbonyl (C=O) groups excluding carboxylic acids is 1. The number of amides is 2. The van der Waals surface area contributed by atoms with E-state index in [1.165, 1.54) is 34.5 Å². The zero-order valence-electron chi connectivity index (χ0n) is 21.6. The summed E-state index contributed by atoms with van der Waals surface area (Å²) < 4.78 is 72.9. The van der Waals surface area contributed by atoms with Gasteiger partial charge in [0.25, 0.3) is 0 Å². The number of allylic oxidation sites excluding steroid dienone is 1. The highest BCUT2D eigenvalue weighted by Gasteiger charge is 2.38. The van der Waals surface area contributed by atoms with Crippen molar-refractivity contribution in [3.05, 3.63) is 59.7 Å². The zero-order chi connectivity index (χ0) is 28.3. The number of aliphatic hydroxyl groups excluding tert-OH is 1. The number of hydrogen-bond donors (Lipinski definition) is 2. The minimum Gasteiger partial charge on any atom is -0.487 e. The fourth-order valence-corrected chi connectivity index (χ4v) is 5.90. The summed E-state index contributed by atoms with van der Waals surface area (Å²) in [4.78, 5) is 14.1. The molecule has 1 aliphatic rings. The highest BCUT2D eigenvalue weighted by molar-refractivity contribution is 7.89. The number of alkyl halides is 3. The molecule has 0 aliphatic carbocycles. The van der Waals surface area contributed by atoms with Crippen LogP contribution in [0.25, 0.3) is 6.08 Å². The average molecular weight is 556 g/mol. The van der Waals surface area contributed by atoms with Crippen molar-refractivity contribution in [1.82, 2.24) is 9.21 Å². The first-order chi connectivity index (χ1) is 17.8. The SMILES string of the molecule is CC=Cc1ccc2c(c1)O[C@H](CN(C)C(=O)Nc1ccc(C(F)(F)F)cc1)[C@@H](C)CN([C@@H](C)CO)S2(=O)=O. The zero-order valence-corrected chi connectivity index (χ0v) is 22.4. The molecule has 3 rings (SSSR count). The second-order valence-electron chi connectivity index (χ2n) is 9.33. The summed E-state index contributed by atoms with van der Waals surface area (Å²) in [6.07, 6.45) is -1.52. The number of nitrogens with one attached hydrogen (secondary N) is 1. The molecule has 0 spiro atoms. The largest absolute Gasteiger partial charge is 0.487 e. The molecule has 0 unspecified atom stereocenters. The van der Waals surface area contributed by atoms with E-state index < -0.39 is 45.9 Å². The molecule has 0 saturated heterocycles. The van der Waals surface area contributed by atoms with Crippen molar-refractivity contribution in [2.45, 2.75) is 44.0 Å². The van der Waals surface area contributed by atoms with E-state index in [-0.39, 0.29) is 36.0 Å². The van der Waals surface area contributed by atoms with Gasteiger partial charge in [-0.25, -0.2) is 13.2 Å². The number of aliphatic hydroxyl groups is 1. The second kappa shape index (κ2) is 11.7. The maximum absolute atomic E-state index is 13.5. The Hall–Kier alpha value is -3.09. The van der Waals surface area contributed by atoms with Crippen molar-refractivity contribution in [1.29, 1.82) is 0 Å². The van der Waals surface area contributed by atoms with Crippen LogP contribution in [0.2, 0.25) is 0 Å². The molecule has 208 valence electrons. The summed E-state index contributed by atoms with van der Waals surface area (Å²) in [6, 6.07) is 7.57. The van der Waals surface area contributed by atoms with Gasteiger partial charge in [0.05, 0.1) is 18.7 Å². The first-order valence-corrected chi connectivity index (χ1v) is 13.5. The van der Waals surface area contributed by atoms with E-state index in [0.29, 0.717) is 0 Å². The van der Waals surface area contributed by atoms with Gasteiger partial charge in [0, 0.05) is 31.2 Å². The van der Waals surface area contributed by atoms with Crippen LogP contribution in [-0.4, -0.2) is 67.7 Å². The lowest BCUT2D eigenvalue weighted by Gasteiger charge is -2.37. The molecule has 8 nitrogen and oxygen atoms in total. The van der Waals surface area contributed by atoms with Crippen molar-refractivity contribution >= 4 is 27.8 Å². The third-order valence-electron chi connectivity index (χ3n) is 6.31. The standard InChI is InChI=1S/C26H32F3N3O5S/c1-5-6-19-7-12-24-22(13-19)37-23(17(2)14-32(18(3)16-33)38(24,35)36)15-31(4)25(34)30-21-10-8-20(9-11-21)26(27,28)29/h5-13,17-18,23,33H,14-16H2,1-4H3,(H,30,34)/t17-,18-,23+/m0/s1. The van der Waals surface area contributed by atoms with Gasteiger partial charge in [-0.3, -0.25) is 0 Å². The summed E-state index contributed by atoms with van der Waals surface area (Å²) >= 11 is 0. The van der Waals surface area contributed by atoms with Gasteiger partial charge in [-0.2, -0.15) is 17.5 Å². The number of urea groups is 1. The monoisotopic (exact) mass is 555 g/mol. The van der Waals surface area contributed by atoms with Gasteiger partial charge in [0.1, 0.15) is 16.7 Å². The van der Waals surface area contributed by atoms with E-state index in [1.807, 2.05) is 6.92 Å². The molecule has 0 bridgehead atoms. The second-order valence-corrected chi connectivity index (χ2v) is 11.2. The van der Waals surface area contributed by atoms with Crippen LogP contribution in [0.1, 0.15) is 31.9 Å². The number of fused-ring (bicyclic) bond motifs is 1. The normalized spacial score (nSPS) is 20.6. The Balaban J connectivity index is 1.87. The van der Waals surface area contributed by atoms with Crippen molar-refractivity contribution < 1.29 is 36.2 Å². The fourth-order valence-electron chi connectivity index (χ4n) is 4.07. The number of benzene rings is 2. The Morgan fingerprint density at radius 3 is 2.50 bits per heavy atom. The van der Waals surface area contributed by atoms with Crippen LogP contribution in [0.3, 0.4) is 0 Å². The summed E-state index contributed by atoms with van der Waals surface area (Å²) in [7, 11) is -2.48. The summed E-state index contributed by atoms with van der Waals surface area (Å²) in [5.74, 6) is -0.262. The molecule has 0 radical (unpaired) electrons. The Morgan fingerprint density at radius 2 is 1.92 bits per heavy atom. The molecule has 1 heterocycles. The summed E-state index contributed by atoms with van der Waals surface area (Å²) in [5, 5.41) is 12.3. The molecule has 2 N–H and O–H groups in total. The molecule has 38 heavy (non-hydrogen) atoms. The van der Waals surface area contributed by atoms with Crippen LogP contribution < -0.4 is 10.1 Å². The van der Waals surface area contributed by atoms with Crippen LogP contribution in [-0.2, 0) is 16.2 Å². The molecule has 0 aromatic heterocycles. The molecular weight excluding hydrogens is 523 g/mol. The summed E-state index contributed by atoms with van der Waals surface area (Å²) in [5.41, 5.74) is 0.0913. The number of likely N-dealkylation sites (N-methyl/N-ethyl adjacent to an activating group) is 1. The summed E-state index contributed by atoms with van der Waals surface area (Å²) in [6.45, 7) is 4.95. The van der Waals surface area contributed by atoms with Crippen LogP contribution in [0.15, 0.2) is 53.4 Å². The number of hydrogen-bond acceptors (Lipinski definition) is 5. The molecule has 2 aromatic rings. The van der Waals surface area contributed by atoms with Crippen molar-refractivity contribution in [2.24, 2.45) is 5.92 Å². The number of halogens is 3. The molecule has 12 heteroatoms. The number of anilines is 1. The van der Waals surface area contributed by atoms with Gasteiger partial charge in [-0.15, -0.1) is 0 Å². The van der Waals surface area contributed by atoms with Gasteiger partial charge in [-0.1, -0.05) is 25.1 Å². The maximum Gasteiger partial charge on any atom is 0.416 e. The van der Waals surface area contributed by atoms with Crippen LogP contribution >= 0.6 is 0 Å². The van der Waals surface area contributed by atoms with E-state index in [9.17, 15) is 31.5 Å². The van der Waals surface area contributed by atoms with E-state index in [4.69, 9.17) is 4.74 Å². The van der Waals surface area contributed by atoms with Crippen molar-refractivity contribution in [2.75, 3.05) is 32.1 Å². The predicted octanol–water partition coefficient (Wildman–Crippen LogP) is 4.67. The maximum atomic E-state index is 13.5. The molecular formula is C26H32F3N3O5S. The average Bonchev–Trinajstić information content (AvgIpc) is 2.85. The lowest BCUT2D eigenvalue weighted by molar-refractivity contribution is -0.137. The van der Waals surface area contributed by atoms with E-state index in [2.05, 4.69) is 5.32 Å². The lowest BCUT2D eigenvalue weighted by atomic mass is 10.0. The minimum absolute atomic E-state index is 0.0408.